The summed E-state index contributed by atoms with van der Waals surface area (Å²) in [5.74, 6) is 2.34. The van der Waals surface area contributed by atoms with E-state index in [0.29, 0.717) is 5.92 Å². The predicted octanol–water partition coefficient (Wildman–Crippen LogP) is 3.46. The molecule has 2 heterocycles. The molecule has 1 unspecified atom stereocenters. The van der Waals surface area contributed by atoms with Gasteiger partial charge in [-0.25, -0.2) is 4.98 Å². The molecule has 0 amide bonds. The van der Waals surface area contributed by atoms with Crippen LogP contribution < -0.4 is 5.73 Å². The van der Waals surface area contributed by atoms with Crippen LogP contribution in [0.5, 0.6) is 0 Å². The number of ether oxygens (including phenoxy) is 1. The van der Waals surface area contributed by atoms with E-state index in [1.54, 1.807) is 0 Å². The first-order valence-electron chi connectivity index (χ1n) is 7.89. The molecule has 114 valence electrons. The van der Waals surface area contributed by atoms with Crippen LogP contribution in [0.15, 0.2) is 0 Å². The molecule has 1 fully saturated rings. The molecule has 1 saturated heterocycles. The van der Waals surface area contributed by atoms with Crippen LogP contribution in [0.2, 0.25) is 0 Å². The number of imidazole rings is 1. The monoisotopic (exact) mass is 279 g/mol. The van der Waals surface area contributed by atoms with E-state index in [1.165, 1.54) is 6.42 Å². The summed E-state index contributed by atoms with van der Waals surface area (Å²) in [5.41, 5.74) is 7.50. The molecule has 1 aliphatic rings. The van der Waals surface area contributed by atoms with Crippen LogP contribution in [0.3, 0.4) is 0 Å². The largest absolute Gasteiger partial charge is 0.384 e. The standard InChI is InChI=1S/C16H29N3O/c1-5-6-9-19-14(17)13(12-8-7-10-20-11-12)18-15(19)16(2,3)4/h12H,5-11,17H2,1-4H3. The third-order valence-electron chi connectivity index (χ3n) is 3.99. The number of aromatic nitrogens is 2. The molecule has 0 bridgehead atoms. The van der Waals surface area contributed by atoms with Gasteiger partial charge in [-0.2, -0.15) is 0 Å². The van der Waals surface area contributed by atoms with Crippen molar-refractivity contribution in [3.8, 4) is 0 Å². The third-order valence-corrected chi connectivity index (χ3v) is 3.99. The second-order valence-electron chi connectivity index (χ2n) is 6.88. The van der Waals surface area contributed by atoms with E-state index in [2.05, 4.69) is 32.3 Å². The first-order chi connectivity index (χ1) is 9.45. The van der Waals surface area contributed by atoms with Gasteiger partial charge in [0.1, 0.15) is 11.6 Å². The van der Waals surface area contributed by atoms with Crippen molar-refractivity contribution >= 4 is 5.82 Å². The molecule has 1 aromatic rings. The molecule has 1 aliphatic heterocycles. The molecular weight excluding hydrogens is 250 g/mol. The maximum atomic E-state index is 6.42. The minimum Gasteiger partial charge on any atom is -0.384 e. The Morgan fingerprint density at radius 3 is 2.70 bits per heavy atom. The van der Waals surface area contributed by atoms with E-state index in [1.807, 2.05) is 0 Å². The maximum absolute atomic E-state index is 6.42. The summed E-state index contributed by atoms with van der Waals surface area (Å²) in [4.78, 5) is 4.92. The smallest absolute Gasteiger partial charge is 0.127 e. The Hall–Kier alpha value is -1.03. The van der Waals surface area contributed by atoms with E-state index in [-0.39, 0.29) is 5.41 Å². The van der Waals surface area contributed by atoms with Crippen LogP contribution in [0.25, 0.3) is 0 Å². The summed E-state index contributed by atoms with van der Waals surface area (Å²) in [5, 5.41) is 0. The van der Waals surface area contributed by atoms with Gasteiger partial charge in [-0.3, -0.25) is 0 Å². The molecule has 1 aromatic heterocycles. The average molecular weight is 279 g/mol. The van der Waals surface area contributed by atoms with Crippen molar-refractivity contribution in [1.29, 1.82) is 0 Å². The fraction of sp³-hybridized carbons (Fsp3) is 0.812. The molecule has 0 spiro atoms. The Labute approximate surface area is 122 Å². The maximum Gasteiger partial charge on any atom is 0.127 e. The molecule has 0 aromatic carbocycles. The van der Waals surface area contributed by atoms with Crippen molar-refractivity contribution in [3.05, 3.63) is 11.5 Å². The summed E-state index contributed by atoms with van der Waals surface area (Å²) in [6.07, 6.45) is 4.56. The summed E-state index contributed by atoms with van der Waals surface area (Å²) in [6, 6.07) is 0. The Morgan fingerprint density at radius 2 is 2.15 bits per heavy atom. The van der Waals surface area contributed by atoms with Crippen molar-refractivity contribution in [1.82, 2.24) is 9.55 Å². The van der Waals surface area contributed by atoms with Gasteiger partial charge in [0.15, 0.2) is 0 Å². The van der Waals surface area contributed by atoms with Gasteiger partial charge in [-0.05, 0) is 19.3 Å². The highest BCUT2D eigenvalue weighted by molar-refractivity contribution is 5.42. The number of nitrogens with zero attached hydrogens (tertiary/aromatic N) is 2. The third kappa shape index (κ3) is 3.17. The van der Waals surface area contributed by atoms with Crippen LogP contribution in [0, 0.1) is 0 Å². The highest BCUT2D eigenvalue weighted by atomic mass is 16.5. The fourth-order valence-corrected chi connectivity index (χ4v) is 2.86. The van der Waals surface area contributed by atoms with Crippen molar-refractivity contribution in [2.24, 2.45) is 0 Å². The Balaban J connectivity index is 2.35. The fourth-order valence-electron chi connectivity index (χ4n) is 2.86. The number of hydrogen-bond acceptors (Lipinski definition) is 3. The van der Waals surface area contributed by atoms with Crippen LogP contribution in [0.4, 0.5) is 5.82 Å². The summed E-state index contributed by atoms with van der Waals surface area (Å²) in [7, 11) is 0. The summed E-state index contributed by atoms with van der Waals surface area (Å²) < 4.78 is 7.83. The SMILES string of the molecule is CCCCn1c(C(C)(C)C)nc(C2CCCOC2)c1N. The first-order valence-corrected chi connectivity index (χ1v) is 7.89. The molecule has 20 heavy (non-hydrogen) atoms. The zero-order valence-electron chi connectivity index (χ0n) is 13.4. The van der Waals surface area contributed by atoms with Crippen LogP contribution in [0.1, 0.15) is 70.8 Å². The minimum absolute atomic E-state index is 0.0234. The number of unbranched alkanes of at least 4 members (excludes halogenated alkanes) is 1. The minimum atomic E-state index is 0.0234. The highest BCUT2D eigenvalue weighted by Crippen LogP contribution is 2.33. The molecular formula is C16H29N3O. The van der Waals surface area contributed by atoms with Gasteiger partial charge >= 0.3 is 0 Å². The van der Waals surface area contributed by atoms with E-state index < -0.39 is 0 Å². The lowest BCUT2D eigenvalue weighted by Gasteiger charge is -2.21. The molecule has 2 rings (SSSR count). The van der Waals surface area contributed by atoms with Gasteiger partial charge in [0.2, 0.25) is 0 Å². The number of anilines is 1. The van der Waals surface area contributed by atoms with Crippen molar-refractivity contribution < 1.29 is 4.74 Å². The van der Waals surface area contributed by atoms with Crippen LogP contribution in [-0.2, 0) is 16.7 Å². The van der Waals surface area contributed by atoms with Gasteiger partial charge in [0, 0.05) is 24.5 Å². The normalized spacial score (nSPS) is 20.3. The molecule has 0 aliphatic carbocycles. The zero-order valence-corrected chi connectivity index (χ0v) is 13.4. The summed E-state index contributed by atoms with van der Waals surface area (Å²) in [6.45, 7) is 11.4. The Bertz CT molecular complexity index is 439. The molecule has 4 nitrogen and oxygen atoms in total. The number of nitrogens with two attached hydrogens (primary N) is 1. The second kappa shape index (κ2) is 6.17. The van der Waals surface area contributed by atoms with E-state index >= 15 is 0 Å². The first kappa shape index (κ1) is 15.4. The van der Waals surface area contributed by atoms with Gasteiger partial charge in [0.25, 0.3) is 0 Å². The number of nitrogen functional groups attached to an aromatic ring is 1. The molecule has 1 atom stereocenters. The highest BCUT2D eigenvalue weighted by Gasteiger charge is 2.29. The topological polar surface area (TPSA) is 53.1 Å². The van der Waals surface area contributed by atoms with E-state index in [4.69, 9.17) is 15.5 Å². The van der Waals surface area contributed by atoms with Crippen molar-refractivity contribution in [2.45, 2.75) is 71.3 Å². The Kier molecular flexibility index (Phi) is 4.74. The van der Waals surface area contributed by atoms with Crippen molar-refractivity contribution in [3.63, 3.8) is 0 Å². The lowest BCUT2D eigenvalue weighted by atomic mass is 9.95. The lowest BCUT2D eigenvalue weighted by molar-refractivity contribution is 0.0795. The average Bonchev–Trinajstić information content (AvgIpc) is 2.74. The van der Waals surface area contributed by atoms with Gasteiger partial charge in [-0.15, -0.1) is 0 Å². The second-order valence-corrected chi connectivity index (χ2v) is 6.88. The number of rotatable bonds is 4. The summed E-state index contributed by atoms with van der Waals surface area (Å²) >= 11 is 0. The zero-order chi connectivity index (χ0) is 14.8. The number of hydrogen-bond donors (Lipinski definition) is 1. The van der Waals surface area contributed by atoms with Gasteiger partial charge in [0.05, 0.1) is 12.3 Å². The lowest BCUT2D eigenvalue weighted by Crippen LogP contribution is -2.20. The van der Waals surface area contributed by atoms with E-state index in [9.17, 15) is 0 Å². The van der Waals surface area contributed by atoms with E-state index in [0.717, 1.165) is 56.4 Å². The molecule has 0 radical (unpaired) electrons. The van der Waals surface area contributed by atoms with Gasteiger partial charge < -0.3 is 15.0 Å². The predicted molar refractivity (Wildman–Crippen MR) is 83.0 cm³/mol. The van der Waals surface area contributed by atoms with Gasteiger partial charge in [-0.1, -0.05) is 34.1 Å². The quantitative estimate of drug-likeness (QED) is 0.918. The molecule has 0 saturated carbocycles. The molecule has 4 heteroatoms. The van der Waals surface area contributed by atoms with Crippen molar-refractivity contribution in [2.75, 3.05) is 18.9 Å². The Morgan fingerprint density at radius 1 is 1.40 bits per heavy atom. The molecule has 2 N–H and O–H groups in total. The van der Waals surface area contributed by atoms with Crippen LogP contribution in [-0.4, -0.2) is 22.8 Å². The van der Waals surface area contributed by atoms with Crippen LogP contribution >= 0.6 is 0 Å².